The van der Waals surface area contributed by atoms with Gasteiger partial charge in [-0.2, -0.15) is 0 Å². The molecule has 0 spiro atoms. The van der Waals surface area contributed by atoms with Crippen LogP contribution in [0.5, 0.6) is 0 Å². The number of ketones is 1. The molecule has 1 aliphatic carbocycles. The Bertz CT molecular complexity index is 206. The highest BCUT2D eigenvalue weighted by molar-refractivity contribution is 5.98. The van der Waals surface area contributed by atoms with E-state index in [0.29, 0.717) is 6.41 Å². The van der Waals surface area contributed by atoms with Crippen LogP contribution in [0.1, 0.15) is 0 Å². The van der Waals surface area contributed by atoms with E-state index in [0.717, 1.165) is 0 Å². The lowest BCUT2D eigenvalue weighted by Crippen LogP contribution is -2.33. The van der Waals surface area contributed by atoms with E-state index in [1.807, 2.05) is 0 Å². The Morgan fingerprint density at radius 3 is 2.90 bits per heavy atom. The van der Waals surface area contributed by atoms with Crippen LogP contribution >= 0.6 is 0 Å². The number of rotatable bonds is 2. The molecule has 0 saturated heterocycles. The zero-order chi connectivity index (χ0) is 7.40. The smallest absolute Gasteiger partial charge is 0.207 e. The van der Waals surface area contributed by atoms with Crippen LogP contribution < -0.4 is 5.32 Å². The minimum absolute atomic E-state index is 0.0883. The van der Waals surface area contributed by atoms with Crippen LogP contribution in [-0.2, 0) is 9.59 Å². The summed E-state index contributed by atoms with van der Waals surface area (Å²) in [5, 5.41) is 2.37. The molecule has 1 unspecified atom stereocenters. The van der Waals surface area contributed by atoms with Gasteiger partial charge < -0.3 is 5.32 Å². The molecule has 1 atom stereocenters. The van der Waals surface area contributed by atoms with Crippen molar-refractivity contribution in [3.8, 4) is 0 Å². The second-order valence-electron chi connectivity index (χ2n) is 1.91. The largest absolute Gasteiger partial charge is 0.345 e. The number of hydrogen-bond acceptors (Lipinski definition) is 2. The molecule has 3 nitrogen and oxygen atoms in total. The Balaban J connectivity index is 2.60. The minimum Gasteiger partial charge on any atom is -0.345 e. The summed E-state index contributed by atoms with van der Waals surface area (Å²) >= 11 is 0. The third-order valence-electron chi connectivity index (χ3n) is 1.23. The maximum atomic E-state index is 10.8. The van der Waals surface area contributed by atoms with E-state index in [4.69, 9.17) is 0 Å². The van der Waals surface area contributed by atoms with Gasteiger partial charge in [0.1, 0.15) is 6.04 Å². The molecule has 0 aromatic heterocycles. The Morgan fingerprint density at radius 2 is 2.30 bits per heavy atom. The number of carbonyl (C=O) groups excluding carboxylic acids is 2. The first-order valence-corrected chi connectivity index (χ1v) is 2.93. The van der Waals surface area contributed by atoms with Crippen LogP contribution in [0, 0.1) is 0 Å². The molecule has 0 saturated carbocycles. The topological polar surface area (TPSA) is 46.2 Å². The van der Waals surface area contributed by atoms with Crippen molar-refractivity contribution in [2.75, 3.05) is 0 Å². The summed E-state index contributed by atoms with van der Waals surface area (Å²) in [7, 11) is 0. The van der Waals surface area contributed by atoms with Gasteiger partial charge in [-0.15, -0.1) is 0 Å². The van der Waals surface area contributed by atoms with Crippen LogP contribution in [0.15, 0.2) is 24.3 Å². The Labute approximate surface area is 58.4 Å². The molecule has 0 heterocycles. The molecule has 10 heavy (non-hydrogen) atoms. The molecule has 1 N–H and O–H groups in total. The number of amides is 1. The molecule has 1 rings (SSSR count). The maximum Gasteiger partial charge on any atom is 0.207 e. The van der Waals surface area contributed by atoms with E-state index in [1.54, 1.807) is 18.2 Å². The van der Waals surface area contributed by atoms with E-state index < -0.39 is 6.04 Å². The first-order valence-electron chi connectivity index (χ1n) is 2.93. The monoisotopic (exact) mass is 137 g/mol. The van der Waals surface area contributed by atoms with Crippen molar-refractivity contribution in [2.45, 2.75) is 6.04 Å². The fourth-order valence-electron chi connectivity index (χ4n) is 0.735. The van der Waals surface area contributed by atoms with Gasteiger partial charge in [-0.25, -0.2) is 0 Å². The quantitative estimate of drug-likeness (QED) is 0.535. The van der Waals surface area contributed by atoms with Crippen LogP contribution in [-0.4, -0.2) is 18.2 Å². The summed E-state index contributed by atoms with van der Waals surface area (Å²) in [6, 6.07) is -0.456. The highest BCUT2D eigenvalue weighted by Gasteiger charge is 2.11. The standard InChI is InChI=1S/C7H7NO2/c9-5-8-6-3-1-2-4-7(6)10/h1-6H,(H,8,9). The van der Waals surface area contributed by atoms with Gasteiger partial charge in [0.05, 0.1) is 0 Å². The van der Waals surface area contributed by atoms with Crippen LogP contribution in [0.2, 0.25) is 0 Å². The number of hydrogen-bond donors (Lipinski definition) is 1. The van der Waals surface area contributed by atoms with Gasteiger partial charge in [-0.1, -0.05) is 18.2 Å². The lowest BCUT2D eigenvalue weighted by Gasteiger charge is -2.08. The zero-order valence-electron chi connectivity index (χ0n) is 5.28. The van der Waals surface area contributed by atoms with Gasteiger partial charge in [0.25, 0.3) is 0 Å². The van der Waals surface area contributed by atoms with Crippen molar-refractivity contribution in [2.24, 2.45) is 0 Å². The van der Waals surface area contributed by atoms with Crippen molar-refractivity contribution < 1.29 is 9.59 Å². The highest BCUT2D eigenvalue weighted by Crippen LogP contribution is 1.97. The summed E-state index contributed by atoms with van der Waals surface area (Å²) in [4.78, 5) is 20.7. The minimum atomic E-state index is -0.456. The third kappa shape index (κ3) is 1.31. The van der Waals surface area contributed by atoms with Crippen LogP contribution in [0.25, 0.3) is 0 Å². The Kier molecular flexibility index (Phi) is 1.99. The first kappa shape index (κ1) is 6.74. The lowest BCUT2D eigenvalue weighted by atomic mass is 10.1. The normalized spacial score (nSPS) is 22.8. The summed E-state index contributed by atoms with van der Waals surface area (Å²) in [5.74, 6) is -0.0883. The van der Waals surface area contributed by atoms with E-state index >= 15 is 0 Å². The average molecular weight is 137 g/mol. The van der Waals surface area contributed by atoms with Crippen molar-refractivity contribution >= 4 is 12.2 Å². The summed E-state index contributed by atoms with van der Waals surface area (Å²) in [6.07, 6.45) is 6.96. The van der Waals surface area contributed by atoms with Crippen molar-refractivity contribution in [3.63, 3.8) is 0 Å². The second kappa shape index (κ2) is 2.96. The van der Waals surface area contributed by atoms with Crippen molar-refractivity contribution in [3.05, 3.63) is 24.3 Å². The maximum absolute atomic E-state index is 10.8. The van der Waals surface area contributed by atoms with Gasteiger partial charge in [0, 0.05) is 0 Å². The van der Waals surface area contributed by atoms with Crippen LogP contribution in [0.4, 0.5) is 0 Å². The second-order valence-corrected chi connectivity index (χ2v) is 1.91. The van der Waals surface area contributed by atoms with E-state index in [2.05, 4.69) is 5.32 Å². The van der Waals surface area contributed by atoms with Gasteiger partial charge >= 0.3 is 0 Å². The zero-order valence-corrected chi connectivity index (χ0v) is 5.28. The van der Waals surface area contributed by atoms with Gasteiger partial charge in [0.2, 0.25) is 6.41 Å². The third-order valence-corrected chi connectivity index (χ3v) is 1.23. The molecule has 52 valence electrons. The fourth-order valence-corrected chi connectivity index (χ4v) is 0.735. The molecule has 1 amide bonds. The molecule has 3 heteroatoms. The Morgan fingerprint density at radius 1 is 1.50 bits per heavy atom. The molecular formula is C7H7NO2. The molecule has 0 aliphatic heterocycles. The summed E-state index contributed by atoms with van der Waals surface area (Å²) in [6.45, 7) is 0. The SMILES string of the molecule is O=CNC1C=CC=CC1=O. The van der Waals surface area contributed by atoms with Gasteiger partial charge in [0.15, 0.2) is 5.78 Å². The molecule has 0 fully saturated rings. The average Bonchev–Trinajstić information content (AvgIpc) is 1.94. The van der Waals surface area contributed by atoms with Crippen molar-refractivity contribution in [1.29, 1.82) is 0 Å². The summed E-state index contributed by atoms with van der Waals surface area (Å²) in [5.41, 5.74) is 0. The lowest BCUT2D eigenvalue weighted by molar-refractivity contribution is -0.118. The summed E-state index contributed by atoms with van der Waals surface area (Å²) < 4.78 is 0. The molecule has 0 aromatic rings. The first-order chi connectivity index (χ1) is 4.84. The predicted molar refractivity (Wildman–Crippen MR) is 36.3 cm³/mol. The van der Waals surface area contributed by atoms with E-state index in [1.165, 1.54) is 6.08 Å². The van der Waals surface area contributed by atoms with E-state index in [9.17, 15) is 9.59 Å². The predicted octanol–water partition coefficient (Wildman–Crippen LogP) is -0.204. The number of allylic oxidation sites excluding steroid dienone is 2. The highest BCUT2D eigenvalue weighted by atomic mass is 16.1. The molecule has 0 radical (unpaired) electrons. The van der Waals surface area contributed by atoms with Gasteiger partial charge in [-0.05, 0) is 6.08 Å². The molecule has 0 bridgehead atoms. The number of carbonyl (C=O) groups is 2. The number of nitrogens with one attached hydrogen (secondary N) is 1. The molecule has 0 aromatic carbocycles. The fraction of sp³-hybridized carbons (Fsp3) is 0.143. The Hall–Kier alpha value is -1.38. The van der Waals surface area contributed by atoms with E-state index in [-0.39, 0.29) is 5.78 Å². The van der Waals surface area contributed by atoms with Crippen molar-refractivity contribution in [1.82, 2.24) is 5.32 Å². The van der Waals surface area contributed by atoms with Crippen LogP contribution in [0.3, 0.4) is 0 Å². The van der Waals surface area contributed by atoms with Gasteiger partial charge in [-0.3, -0.25) is 9.59 Å². The molecule has 1 aliphatic rings. The molecular weight excluding hydrogens is 130 g/mol.